The number of aromatic nitrogens is 2. The van der Waals surface area contributed by atoms with Gasteiger partial charge in [-0.05, 0) is 6.07 Å². The number of aliphatic hydroxyl groups excluding tert-OH is 1. The van der Waals surface area contributed by atoms with E-state index in [4.69, 9.17) is 44.6 Å². The van der Waals surface area contributed by atoms with Gasteiger partial charge in [0, 0.05) is 6.20 Å². The number of phosphoric acid groups is 1. The van der Waals surface area contributed by atoms with E-state index >= 15 is 0 Å². The molecule has 1 aromatic heterocycles. The Kier molecular flexibility index (Phi) is 8.77. The zero-order valence-electron chi connectivity index (χ0n) is 11.5. The average Bonchev–Trinajstić information content (AvgIpc) is 2.33. The number of anilines is 1. The highest BCUT2D eigenvalue weighted by atomic mass is 31.2. The van der Waals surface area contributed by atoms with E-state index in [2.05, 4.69) is 4.98 Å². The van der Waals surface area contributed by atoms with Crippen LogP contribution in [0.2, 0.25) is 0 Å². The minimum atomic E-state index is -4.64. The monoisotopic (exact) mass is 377 g/mol. The molecule has 0 spiro atoms. The zero-order chi connectivity index (χ0) is 18.3. The Morgan fingerprint density at radius 1 is 1.26 bits per heavy atom. The Morgan fingerprint density at radius 3 is 2.17 bits per heavy atom. The summed E-state index contributed by atoms with van der Waals surface area (Å²) < 4.78 is 25.4. The van der Waals surface area contributed by atoms with Gasteiger partial charge in [0.25, 0.3) is 0 Å². The van der Waals surface area contributed by atoms with Gasteiger partial charge < -0.3 is 40.0 Å². The van der Waals surface area contributed by atoms with Gasteiger partial charge in [0.1, 0.15) is 12.2 Å². The first-order valence-electron chi connectivity index (χ1n) is 5.70. The van der Waals surface area contributed by atoms with Crippen molar-refractivity contribution in [2.75, 3.05) is 18.7 Å². The normalized spacial score (nSPS) is 13.1. The van der Waals surface area contributed by atoms with Crippen molar-refractivity contribution < 1.29 is 43.4 Å². The fraction of sp³-hybridized carbons (Fsp3) is 0.500. The summed E-state index contributed by atoms with van der Waals surface area (Å²) in [6.45, 7) is -0.570. The van der Waals surface area contributed by atoms with Crippen LogP contribution in [0.3, 0.4) is 0 Å². The number of nitrogens with zero attached hydrogens (tertiary/aromatic N) is 2. The van der Waals surface area contributed by atoms with Crippen molar-refractivity contribution in [2.45, 2.75) is 12.6 Å². The first-order valence-corrected chi connectivity index (χ1v) is 9.06. The molecule has 1 aromatic rings. The molecule has 0 aromatic carbocycles. The Bertz CT molecular complexity index is 629. The van der Waals surface area contributed by atoms with Crippen molar-refractivity contribution in [3.63, 3.8) is 0 Å². The van der Waals surface area contributed by atoms with E-state index in [1.165, 1.54) is 12.3 Å². The lowest BCUT2D eigenvalue weighted by Crippen LogP contribution is -2.32. The molecule has 0 radical (unpaired) electrons. The van der Waals surface area contributed by atoms with Gasteiger partial charge in [-0.3, -0.25) is 9.13 Å². The van der Waals surface area contributed by atoms with Gasteiger partial charge in [-0.25, -0.2) is 9.36 Å². The summed E-state index contributed by atoms with van der Waals surface area (Å²) in [5, 5.41) is 8.99. The van der Waals surface area contributed by atoms with Crippen molar-refractivity contribution in [1.29, 1.82) is 0 Å². The van der Waals surface area contributed by atoms with Gasteiger partial charge in [0.05, 0.1) is 19.3 Å². The molecule has 0 fully saturated rings. The third kappa shape index (κ3) is 13.0. The Hall–Kier alpha value is -1.14. The average molecular weight is 377 g/mol. The van der Waals surface area contributed by atoms with Crippen molar-refractivity contribution >= 4 is 21.2 Å². The summed E-state index contributed by atoms with van der Waals surface area (Å²) in [4.78, 5) is 53.7. The fourth-order valence-corrected chi connectivity index (χ4v) is 1.57. The molecule has 15 heteroatoms. The molecule has 0 aliphatic heterocycles. The van der Waals surface area contributed by atoms with Crippen molar-refractivity contribution in [2.24, 2.45) is 0 Å². The third-order valence-corrected chi connectivity index (χ3v) is 2.46. The maximum Gasteiger partial charge on any atom is 0.466 e. The van der Waals surface area contributed by atoms with Crippen LogP contribution in [0, 0.1) is 0 Å². The first-order chi connectivity index (χ1) is 10.3. The number of nitrogens with two attached hydrogens (primary N) is 1. The summed E-state index contributed by atoms with van der Waals surface area (Å²) in [7, 11) is -8.95. The molecule has 0 unspecified atom stereocenters. The van der Waals surface area contributed by atoms with Crippen LogP contribution >= 0.6 is 15.4 Å². The minimum Gasteiger partial charge on any atom is -0.394 e. The highest BCUT2D eigenvalue weighted by Crippen LogP contribution is 2.34. The van der Waals surface area contributed by atoms with E-state index < -0.39 is 40.2 Å². The second kappa shape index (κ2) is 9.23. The highest BCUT2D eigenvalue weighted by molar-refractivity contribution is 7.51. The predicted octanol–water partition coefficient (Wildman–Crippen LogP) is -2.59. The lowest BCUT2D eigenvalue weighted by atomic mass is 10.3. The number of nitrogen functional groups attached to an aromatic ring is 1. The number of aliphatic hydroxyl groups is 1. The maximum absolute atomic E-state index is 11.4. The van der Waals surface area contributed by atoms with Crippen LogP contribution in [-0.2, 0) is 20.4 Å². The molecule has 0 aliphatic rings. The molecule has 0 saturated heterocycles. The number of hydrogen-bond donors (Lipinski definition) is 7. The van der Waals surface area contributed by atoms with Gasteiger partial charge >= 0.3 is 21.1 Å². The van der Waals surface area contributed by atoms with Crippen LogP contribution in [-0.4, -0.2) is 58.2 Å². The van der Waals surface area contributed by atoms with Crippen LogP contribution in [0.1, 0.15) is 0 Å². The van der Waals surface area contributed by atoms with E-state index in [0.717, 1.165) is 4.57 Å². The summed E-state index contributed by atoms with van der Waals surface area (Å²) in [6, 6.07) is 1.39. The molecule has 0 bridgehead atoms. The Labute approximate surface area is 129 Å². The summed E-state index contributed by atoms with van der Waals surface area (Å²) >= 11 is 0. The molecular formula is C8H17N3O10P2. The van der Waals surface area contributed by atoms with Crippen molar-refractivity contribution in [1.82, 2.24) is 9.55 Å². The lowest BCUT2D eigenvalue weighted by molar-refractivity contribution is 0.0188. The molecule has 0 saturated carbocycles. The molecule has 8 N–H and O–H groups in total. The van der Waals surface area contributed by atoms with Gasteiger partial charge in [0.2, 0.25) is 0 Å². The molecule has 0 amide bonds. The first kappa shape index (κ1) is 21.9. The lowest BCUT2D eigenvalue weighted by Gasteiger charge is -2.16. The minimum absolute atomic E-state index is 0.0629. The summed E-state index contributed by atoms with van der Waals surface area (Å²) in [5.74, 6) is 0.0629. The smallest absolute Gasteiger partial charge is 0.394 e. The number of hydrogen-bond acceptors (Lipinski definition) is 7. The molecule has 0 aliphatic carbocycles. The predicted molar refractivity (Wildman–Crippen MR) is 76.0 cm³/mol. The summed E-state index contributed by atoms with van der Waals surface area (Å²) in [6.07, 6.45) is -0.385. The molecule has 134 valence electrons. The van der Waals surface area contributed by atoms with E-state index in [0.29, 0.717) is 0 Å². The van der Waals surface area contributed by atoms with Crippen LogP contribution in [0.15, 0.2) is 17.1 Å². The SMILES string of the molecule is Nc1ccn(C[C@@H](CO)OCP(=O)(O)O)c(=O)n1.O=P(O)(O)O. The van der Waals surface area contributed by atoms with E-state index in [1.807, 2.05) is 0 Å². The second-order valence-electron chi connectivity index (χ2n) is 4.07. The standard InChI is InChI=1S/C8H14N3O6P.H3O4P/c9-7-1-2-11(8(13)10-7)3-6(4-12)17-5-18(14,15)16;1-5(2,3)4/h1-2,6,12H,3-5H2,(H2,9,10,13)(H2,14,15,16);(H3,1,2,3,4)/t6-;/m0./s1. The third-order valence-electron chi connectivity index (χ3n) is 1.98. The number of ether oxygens (including phenoxy) is 1. The zero-order valence-corrected chi connectivity index (χ0v) is 13.3. The van der Waals surface area contributed by atoms with Gasteiger partial charge in [-0.15, -0.1) is 0 Å². The van der Waals surface area contributed by atoms with E-state index in [1.54, 1.807) is 0 Å². The largest absolute Gasteiger partial charge is 0.466 e. The molecular weight excluding hydrogens is 360 g/mol. The highest BCUT2D eigenvalue weighted by Gasteiger charge is 2.18. The summed E-state index contributed by atoms with van der Waals surface area (Å²) in [5.41, 5.74) is 4.67. The topological polar surface area (TPSA) is 226 Å². The maximum atomic E-state index is 11.4. The van der Waals surface area contributed by atoms with Gasteiger partial charge in [-0.1, -0.05) is 0 Å². The van der Waals surface area contributed by atoms with Gasteiger partial charge in [0.15, 0.2) is 0 Å². The second-order valence-corrected chi connectivity index (χ2v) is 6.68. The fourth-order valence-electron chi connectivity index (χ4n) is 1.17. The van der Waals surface area contributed by atoms with Crippen LogP contribution in [0.5, 0.6) is 0 Å². The molecule has 1 atom stereocenters. The van der Waals surface area contributed by atoms with Crippen molar-refractivity contribution in [3.8, 4) is 0 Å². The quantitative estimate of drug-likeness (QED) is 0.253. The number of rotatable bonds is 6. The van der Waals surface area contributed by atoms with Crippen LogP contribution < -0.4 is 11.4 Å². The molecule has 23 heavy (non-hydrogen) atoms. The molecule has 13 nitrogen and oxygen atoms in total. The van der Waals surface area contributed by atoms with Gasteiger partial charge in [-0.2, -0.15) is 4.98 Å². The molecule has 1 rings (SSSR count). The Balaban J connectivity index is 0.000000841. The van der Waals surface area contributed by atoms with Crippen LogP contribution in [0.4, 0.5) is 5.82 Å². The molecule has 1 heterocycles. The van der Waals surface area contributed by atoms with E-state index in [9.17, 15) is 9.36 Å². The van der Waals surface area contributed by atoms with E-state index in [-0.39, 0.29) is 12.4 Å². The van der Waals surface area contributed by atoms with Crippen LogP contribution in [0.25, 0.3) is 0 Å². The van der Waals surface area contributed by atoms with Crippen molar-refractivity contribution in [3.05, 3.63) is 22.7 Å². The Morgan fingerprint density at radius 2 is 1.78 bits per heavy atom.